The first-order valence-corrected chi connectivity index (χ1v) is 9.61. The van der Waals surface area contributed by atoms with Crippen LogP contribution in [0, 0.1) is 0 Å². The van der Waals surface area contributed by atoms with Crippen molar-refractivity contribution in [2.75, 3.05) is 53.6 Å². The Morgan fingerprint density at radius 2 is 1.86 bits per heavy atom. The molecule has 0 unspecified atom stereocenters. The molecule has 7 heteroatoms. The van der Waals surface area contributed by atoms with Crippen LogP contribution in [0.4, 0.5) is 0 Å². The first-order valence-electron chi connectivity index (χ1n) is 9.61. The molecule has 7 nitrogen and oxygen atoms in total. The van der Waals surface area contributed by atoms with Gasteiger partial charge in [0.05, 0.1) is 33.2 Å². The molecule has 28 heavy (non-hydrogen) atoms. The van der Waals surface area contributed by atoms with Gasteiger partial charge in [-0.3, -0.25) is 9.80 Å². The first kappa shape index (κ1) is 20.7. The van der Waals surface area contributed by atoms with Crippen LogP contribution in [-0.4, -0.2) is 74.6 Å². The molecule has 0 aliphatic carbocycles. The average molecular weight is 390 g/mol. The van der Waals surface area contributed by atoms with Gasteiger partial charge in [-0.1, -0.05) is 0 Å². The molecular weight excluding hydrogens is 360 g/mol. The molecule has 1 aliphatic heterocycles. The minimum Gasteiger partial charge on any atom is -0.497 e. The van der Waals surface area contributed by atoms with Gasteiger partial charge in [0.25, 0.3) is 0 Å². The van der Waals surface area contributed by atoms with Gasteiger partial charge in [0.15, 0.2) is 0 Å². The Morgan fingerprint density at radius 1 is 1.07 bits per heavy atom. The summed E-state index contributed by atoms with van der Waals surface area (Å²) in [5, 5.41) is 10.2. The fourth-order valence-corrected chi connectivity index (χ4v) is 3.42. The molecule has 0 saturated carbocycles. The van der Waals surface area contributed by atoms with Crippen LogP contribution in [0.2, 0.25) is 0 Å². The summed E-state index contributed by atoms with van der Waals surface area (Å²) in [7, 11) is 3.37. The van der Waals surface area contributed by atoms with Gasteiger partial charge in [-0.25, -0.2) is 0 Å². The predicted molar refractivity (Wildman–Crippen MR) is 106 cm³/mol. The first-order chi connectivity index (χ1) is 13.7. The minimum atomic E-state index is -0.500. The number of furan rings is 1. The minimum absolute atomic E-state index is 0.307. The summed E-state index contributed by atoms with van der Waals surface area (Å²) in [4.78, 5) is 4.67. The second kappa shape index (κ2) is 10.5. The highest BCUT2D eigenvalue weighted by Gasteiger charge is 2.20. The van der Waals surface area contributed by atoms with E-state index in [9.17, 15) is 5.11 Å². The van der Waals surface area contributed by atoms with Gasteiger partial charge in [-0.05, 0) is 30.3 Å². The van der Waals surface area contributed by atoms with Crippen LogP contribution in [0.15, 0.2) is 41.0 Å². The topological polar surface area (TPSA) is 67.5 Å². The van der Waals surface area contributed by atoms with Gasteiger partial charge in [0.1, 0.15) is 23.9 Å². The van der Waals surface area contributed by atoms with E-state index >= 15 is 0 Å². The van der Waals surface area contributed by atoms with E-state index in [0.29, 0.717) is 19.8 Å². The number of aliphatic hydroxyl groups is 1. The molecule has 0 amide bonds. The van der Waals surface area contributed by atoms with E-state index in [-0.39, 0.29) is 0 Å². The van der Waals surface area contributed by atoms with Gasteiger partial charge in [0.2, 0.25) is 0 Å². The standard InChI is InChI=1S/C21H30N2O5/c1-25-19-5-6-21(26-2)17(12-19)13-22-7-9-23(10-8-22)14-18(24)15-27-16-20-4-3-11-28-20/h3-6,11-12,18,24H,7-10,13-16H2,1-2H3/t18-/m1/s1. The zero-order valence-electron chi connectivity index (χ0n) is 16.7. The Balaban J connectivity index is 1.39. The van der Waals surface area contributed by atoms with Crippen molar-refractivity contribution in [3.05, 3.63) is 47.9 Å². The van der Waals surface area contributed by atoms with Crippen LogP contribution in [0.25, 0.3) is 0 Å². The number of ether oxygens (including phenoxy) is 3. The van der Waals surface area contributed by atoms with Gasteiger partial charge < -0.3 is 23.7 Å². The summed E-state index contributed by atoms with van der Waals surface area (Å²) >= 11 is 0. The third kappa shape index (κ3) is 5.97. The molecule has 0 spiro atoms. The molecule has 0 radical (unpaired) electrons. The van der Waals surface area contributed by atoms with Gasteiger partial charge in [-0.15, -0.1) is 0 Å². The molecule has 1 aliphatic rings. The fourth-order valence-electron chi connectivity index (χ4n) is 3.42. The van der Waals surface area contributed by atoms with Crippen LogP contribution in [-0.2, 0) is 17.9 Å². The Kier molecular flexibility index (Phi) is 7.73. The predicted octanol–water partition coefficient (Wildman–Crippen LogP) is 1.99. The highest BCUT2D eigenvalue weighted by molar-refractivity contribution is 5.40. The largest absolute Gasteiger partial charge is 0.497 e. The second-order valence-electron chi connectivity index (χ2n) is 7.00. The third-order valence-electron chi connectivity index (χ3n) is 4.95. The number of methoxy groups -OCH3 is 2. The van der Waals surface area contributed by atoms with Crippen molar-refractivity contribution in [2.24, 2.45) is 0 Å². The second-order valence-corrected chi connectivity index (χ2v) is 7.00. The molecule has 2 aromatic rings. The molecule has 1 aromatic heterocycles. The molecule has 1 saturated heterocycles. The Bertz CT molecular complexity index is 699. The number of piperazine rings is 1. The van der Waals surface area contributed by atoms with Gasteiger partial charge >= 0.3 is 0 Å². The summed E-state index contributed by atoms with van der Waals surface area (Å²) in [6.45, 7) is 5.86. The SMILES string of the molecule is COc1ccc(OC)c(CN2CCN(C[C@@H](O)COCc3ccco3)CC2)c1. The van der Waals surface area contributed by atoms with Crippen LogP contribution in [0.5, 0.6) is 11.5 Å². The molecular formula is C21H30N2O5. The van der Waals surface area contributed by atoms with Crippen LogP contribution in [0.3, 0.4) is 0 Å². The maximum absolute atomic E-state index is 10.2. The lowest BCUT2D eigenvalue weighted by Crippen LogP contribution is -2.48. The quantitative estimate of drug-likeness (QED) is 0.665. The number of β-amino-alcohol motifs (C(OH)–C–C–N with tert-alkyl or cyclic N) is 1. The van der Waals surface area contributed by atoms with Gasteiger partial charge in [-0.2, -0.15) is 0 Å². The van der Waals surface area contributed by atoms with E-state index in [0.717, 1.165) is 55.5 Å². The number of nitrogens with zero attached hydrogens (tertiary/aromatic N) is 2. The fraction of sp³-hybridized carbons (Fsp3) is 0.524. The number of hydrogen-bond acceptors (Lipinski definition) is 7. The maximum Gasteiger partial charge on any atom is 0.129 e. The summed E-state index contributed by atoms with van der Waals surface area (Å²) < 4.78 is 21.6. The normalized spacial score (nSPS) is 16.8. The van der Waals surface area contributed by atoms with Crippen molar-refractivity contribution < 1.29 is 23.7 Å². The highest BCUT2D eigenvalue weighted by atomic mass is 16.5. The lowest BCUT2D eigenvalue weighted by molar-refractivity contribution is -0.00311. The number of aliphatic hydroxyl groups excluding tert-OH is 1. The molecule has 2 heterocycles. The average Bonchev–Trinajstić information content (AvgIpc) is 3.23. The van der Waals surface area contributed by atoms with Crippen molar-refractivity contribution in [1.82, 2.24) is 9.80 Å². The van der Waals surface area contributed by atoms with Crippen LogP contribution >= 0.6 is 0 Å². The molecule has 3 rings (SSSR count). The molecule has 1 fully saturated rings. The van der Waals surface area contributed by atoms with Crippen LogP contribution < -0.4 is 9.47 Å². The van der Waals surface area contributed by atoms with E-state index < -0.39 is 6.10 Å². The van der Waals surface area contributed by atoms with E-state index in [1.54, 1.807) is 20.5 Å². The van der Waals surface area contributed by atoms with Crippen molar-refractivity contribution in [1.29, 1.82) is 0 Å². The van der Waals surface area contributed by atoms with E-state index in [4.69, 9.17) is 18.6 Å². The smallest absolute Gasteiger partial charge is 0.129 e. The van der Waals surface area contributed by atoms with Crippen molar-refractivity contribution in [2.45, 2.75) is 19.3 Å². The zero-order chi connectivity index (χ0) is 19.8. The Morgan fingerprint density at radius 3 is 2.54 bits per heavy atom. The van der Waals surface area contributed by atoms with E-state index in [1.165, 1.54) is 0 Å². The lowest BCUT2D eigenvalue weighted by atomic mass is 10.1. The number of hydrogen-bond donors (Lipinski definition) is 1. The summed E-state index contributed by atoms with van der Waals surface area (Å²) in [6.07, 6.45) is 1.12. The summed E-state index contributed by atoms with van der Waals surface area (Å²) in [5.41, 5.74) is 1.13. The Labute approximate surface area is 166 Å². The molecule has 1 aromatic carbocycles. The Hall–Kier alpha value is -2.06. The molecule has 154 valence electrons. The van der Waals surface area contributed by atoms with Crippen LogP contribution in [0.1, 0.15) is 11.3 Å². The van der Waals surface area contributed by atoms with E-state index in [1.807, 2.05) is 30.3 Å². The number of benzene rings is 1. The monoisotopic (exact) mass is 390 g/mol. The van der Waals surface area contributed by atoms with Crippen molar-refractivity contribution in [3.63, 3.8) is 0 Å². The van der Waals surface area contributed by atoms with Gasteiger partial charge in [0, 0.05) is 44.8 Å². The molecule has 1 atom stereocenters. The zero-order valence-corrected chi connectivity index (χ0v) is 16.7. The van der Waals surface area contributed by atoms with E-state index in [2.05, 4.69) is 9.80 Å². The molecule has 1 N–H and O–H groups in total. The lowest BCUT2D eigenvalue weighted by Gasteiger charge is -2.35. The maximum atomic E-state index is 10.2. The molecule has 0 bridgehead atoms. The highest BCUT2D eigenvalue weighted by Crippen LogP contribution is 2.25. The third-order valence-corrected chi connectivity index (χ3v) is 4.95. The van der Waals surface area contributed by atoms with Crippen molar-refractivity contribution in [3.8, 4) is 11.5 Å². The summed E-state index contributed by atoms with van der Waals surface area (Å²) in [6, 6.07) is 9.59. The van der Waals surface area contributed by atoms with Crippen molar-refractivity contribution >= 4 is 0 Å². The summed E-state index contributed by atoms with van der Waals surface area (Å²) in [5.74, 6) is 2.49. The number of rotatable bonds is 10.